The molecule has 0 bridgehead atoms. The molecule has 422 valence electrons. The normalized spacial score (nSPS) is 53.0. The Morgan fingerprint density at radius 2 is 1.30 bits per heavy atom. The van der Waals surface area contributed by atoms with Crippen LogP contribution in [0.15, 0.2) is 11.6 Å². The Labute approximate surface area is 432 Å². The summed E-state index contributed by atoms with van der Waals surface area (Å²) in [5.41, 5.74) is 0.247. The first kappa shape index (κ1) is 56.7. The molecule has 0 radical (unpaired) electrons. The second kappa shape index (κ2) is 20.3. The average Bonchev–Trinajstić information content (AvgIpc) is 3.33. The molecule has 8 fully saturated rings. The van der Waals surface area contributed by atoms with E-state index in [0.717, 1.165) is 25.7 Å². The van der Waals surface area contributed by atoms with E-state index in [0.29, 0.717) is 37.5 Å². The fourth-order valence-corrected chi connectivity index (χ4v) is 16.1. The third-order valence-corrected chi connectivity index (χ3v) is 20.7. The van der Waals surface area contributed by atoms with Crippen molar-refractivity contribution in [3.05, 3.63) is 11.6 Å². The third-order valence-electron chi connectivity index (χ3n) is 20.7. The van der Waals surface area contributed by atoms with E-state index in [2.05, 4.69) is 54.5 Å². The van der Waals surface area contributed by atoms with Gasteiger partial charge in [-0.05, 0) is 116 Å². The SMILES string of the molecule is C[C@@H]1O[C@@H](O[C@H]2[C@H](OC[C@H]3O[C@@H](OC(=O)[C@]45CCC(C)(C)C[C@H]4C4=CC[C@@H]6[C@@]7(C)CCCC(C)(C)[C@@H]7CC[C@@]6(C)[C@]4(C)CC5)[C@H](O)[C@@H](O[C@@H]4O[C@H](C(=O)O)[C@@H](O)[C@H](O)[C@H]4O)[C@@H]3O)OC[C@@H](O)[C@@H]2O)[C@H](O)[C@H](O)[C@H]1O. The molecule has 21 heteroatoms. The number of aliphatic carboxylic acids is 1. The number of carbonyl (C=O) groups excluding carboxylic acids is 1. The Balaban J connectivity index is 1.00. The zero-order chi connectivity index (χ0) is 54.0. The van der Waals surface area contributed by atoms with E-state index in [4.69, 9.17) is 37.9 Å². The van der Waals surface area contributed by atoms with Crippen molar-refractivity contribution in [2.24, 2.45) is 50.2 Å². The monoisotopic (exact) mass is 1060 g/mol. The molecule has 5 aliphatic carbocycles. The molecule has 0 aromatic rings. The minimum atomic E-state index is -2.11. The summed E-state index contributed by atoms with van der Waals surface area (Å²) >= 11 is 0. The molecule has 4 heterocycles. The Morgan fingerprint density at radius 1 is 0.649 bits per heavy atom. The van der Waals surface area contributed by atoms with Gasteiger partial charge in [-0.3, -0.25) is 4.79 Å². The summed E-state index contributed by atoms with van der Waals surface area (Å²) in [6.45, 7) is 17.0. The molecule has 74 heavy (non-hydrogen) atoms. The van der Waals surface area contributed by atoms with Gasteiger partial charge in [0.1, 0.15) is 79.4 Å². The Bertz CT molecular complexity index is 2090. The second-order valence-corrected chi connectivity index (χ2v) is 25.9. The van der Waals surface area contributed by atoms with Crippen molar-refractivity contribution < 1.29 is 104 Å². The molecule has 26 atom stereocenters. The van der Waals surface area contributed by atoms with Crippen LogP contribution < -0.4 is 0 Å². The zero-order valence-corrected chi connectivity index (χ0v) is 44.0. The minimum Gasteiger partial charge on any atom is -0.479 e. The van der Waals surface area contributed by atoms with E-state index in [1.165, 1.54) is 31.8 Å². The number of rotatable bonds is 10. The fourth-order valence-electron chi connectivity index (χ4n) is 16.1. The molecule has 4 saturated heterocycles. The molecular formula is C53H84O21. The molecule has 11 N–H and O–H groups in total. The van der Waals surface area contributed by atoms with Crippen molar-refractivity contribution in [1.29, 1.82) is 0 Å². The highest BCUT2D eigenvalue weighted by atomic mass is 16.8. The number of aliphatic hydroxyl groups is 10. The van der Waals surface area contributed by atoms with E-state index < -0.39 is 147 Å². The summed E-state index contributed by atoms with van der Waals surface area (Å²) in [4.78, 5) is 27.5. The maximum atomic E-state index is 15.4. The summed E-state index contributed by atoms with van der Waals surface area (Å²) in [6, 6.07) is 0. The lowest BCUT2D eigenvalue weighted by atomic mass is 9.33. The number of carbonyl (C=O) groups is 2. The number of hydrogen-bond acceptors (Lipinski definition) is 20. The predicted molar refractivity (Wildman–Crippen MR) is 255 cm³/mol. The maximum absolute atomic E-state index is 15.4. The van der Waals surface area contributed by atoms with E-state index >= 15 is 4.79 Å². The first-order valence-electron chi connectivity index (χ1n) is 27.0. The largest absolute Gasteiger partial charge is 0.479 e. The van der Waals surface area contributed by atoms with Crippen molar-refractivity contribution in [1.82, 2.24) is 0 Å². The van der Waals surface area contributed by atoms with Crippen LogP contribution in [-0.4, -0.2) is 198 Å². The molecule has 0 aromatic heterocycles. The van der Waals surface area contributed by atoms with Crippen LogP contribution in [0.1, 0.15) is 126 Å². The van der Waals surface area contributed by atoms with E-state index in [1.54, 1.807) is 0 Å². The molecule has 21 nitrogen and oxygen atoms in total. The van der Waals surface area contributed by atoms with Crippen LogP contribution in [0.5, 0.6) is 0 Å². The fraction of sp³-hybridized carbons (Fsp3) is 0.925. The van der Waals surface area contributed by atoms with Gasteiger partial charge in [0.15, 0.2) is 25.0 Å². The minimum absolute atomic E-state index is 0.0370. The quantitative estimate of drug-likeness (QED) is 0.106. The van der Waals surface area contributed by atoms with Gasteiger partial charge in [0, 0.05) is 0 Å². The van der Waals surface area contributed by atoms with Crippen LogP contribution in [0.4, 0.5) is 0 Å². The van der Waals surface area contributed by atoms with Gasteiger partial charge in [-0.1, -0.05) is 66.5 Å². The number of esters is 1. The summed E-state index contributed by atoms with van der Waals surface area (Å²) in [5.74, 6) is -1.50. The topological polar surface area (TPSA) is 331 Å². The summed E-state index contributed by atoms with van der Waals surface area (Å²) in [7, 11) is 0. The van der Waals surface area contributed by atoms with E-state index in [1.807, 2.05) is 0 Å². The summed E-state index contributed by atoms with van der Waals surface area (Å²) < 4.78 is 47.0. The molecule has 9 rings (SSSR count). The van der Waals surface area contributed by atoms with Gasteiger partial charge in [0.2, 0.25) is 6.29 Å². The van der Waals surface area contributed by atoms with Crippen LogP contribution in [-0.2, 0) is 47.5 Å². The van der Waals surface area contributed by atoms with Crippen molar-refractivity contribution in [3.63, 3.8) is 0 Å². The summed E-state index contributed by atoms with van der Waals surface area (Å²) in [5, 5.41) is 119. The van der Waals surface area contributed by atoms with E-state index in [-0.39, 0.29) is 33.0 Å². The van der Waals surface area contributed by atoms with Crippen molar-refractivity contribution in [2.45, 2.75) is 243 Å². The Morgan fingerprint density at radius 3 is 1.99 bits per heavy atom. The molecule has 0 unspecified atom stereocenters. The molecule has 0 aromatic carbocycles. The average molecular weight is 1060 g/mol. The number of allylic oxidation sites excluding steroid dienone is 2. The number of fused-ring (bicyclic) bond motifs is 7. The van der Waals surface area contributed by atoms with Gasteiger partial charge in [-0.25, -0.2) is 4.79 Å². The van der Waals surface area contributed by atoms with E-state index in [9.17, 15) is 61.0 Å². The highest BCUT2D eigenvalue weighted by molar-refractivity contribution is 5.79. The Kier molecular flexibility index (Phi) is 15.5. The van der Waals surface area contributed by atoms with Crippen molar-refractivity contribution >= 4 is 11.9 Å². The van der Waals surface area contributed by atoms with Crippen LogP contribution in [0.25, 0.3) is 0 Å². The van der Waals surface area contributed by atoms with Crippen LogP contribution in [0.2, 0.25) is 0 Å². The predicted octanol–water partition coefficient (Wildman–Crippen LogP) is 0.753. The summed E-state index contributed by atoms with van der Waals surface area (Å²) in [6.07, 6.45) is -21.9. The molecule has 4 saturated carbocycles. The third kappa shape index (κ3) is 9.33. The molecule has 0 amide bonds. The highest BCUT2D eigenvalue weighted by Gasteiger charge is 2.69. The van der Waals surface area contributed by atoms with Gasteiger partial charge in [-0.2, -0.15) is 0 Å². The number of carboxylic acid groups (broad SMARTS) is 1. The Hall–Kier alpha value is -2.00. The van der Waals surface area contributed by atoms with Crippen molar-refractivity contribution in [3.8, 4) is 0 Å². The van der Waals surface area contributed by atoms with Crippen LogP contribution >= 0.6 is 0 Å². The molecule has 4 aliphatic heterocycles. The van der Waals surface area contributed by atoms with Crippen LogP contribution in [0.3, 0.4) is 0 Å². The number of carboxylic acids is 1. The van der Waals surface area contributed by atoms with Crippen LogP contribution in [0, 0.1) is 50.2 Å². The maximum Gasteiger partial charge on any atom is 0.335 e. The number of ether oxygens (including phenoxy) is 8. The molecular weight excluding hydrogens is 973 g/mol. The first-order valence-corrected chi connectivity index (χ1v) is 27.0. The zero-order valence-electron chi connectivity index (χ0n) is 44.0. The second-order valence-electron chi connectivity index (χ2n) is 25.9. The molecule has 0 spiro atoms. The highest BCUT2D eigenvalue weighted by Crippen LogP contribution is 2.76. The van der Waals surface area contributed by atoms with Gasteiger partial charge >= 0.3 is 11.9 Å². The lowest BCUT2D eigenvalue weighted by molar-refractivity contribution is -0.368. The lowest BCUT2D eigenvalue weighted by Crippen LogP contribution is -2.66. The van der Waals surface area contributed by atoms with Gasteiger partial charge < -0.3 is 94.1 Å². The standard InChI is InChI=1S/C53H84O21/c1-23-30(55)33(58)36(61)43(69-23)73-41-31(56)26(54)21-67-46(41)68-22-27-32(57)39(71-44-37(62)34(59)35(60)40(72-44)42(64)65)38(63)45(70-27)74-47(66)53-18-16-48(2,3)20-25(53)24-10-11-29-50(6)14-9-13-49(4,5)28(50)12-15-52(29,8)51(24,7)17-19-53/h10,23,25-41,43-46,54-63H,9,11-22H2,1-8H3,(H,64,65)/t23-,25-,26+,27+,28-,29+,30-,31-,32+,33+,34-,35-,36+,37+,38+,39-,40-,41+,43-,44+,45-,46-,50-,51+,52+,53-/m0/s1. The molecule has 9 aliphatic rings. The smallest absolute Gasteiger partial charge is 0.335 e. The van der Waals surface area contributed by atoms with Gasteiger partial charge in [-0.15, -0.1) is 0 Å². The van der Waals surface area contributed by atoms with Crippen molar-refractivity contribution in [2.75, 3.05) is 13.2 Å². The van der Waals surface area contributed by atoms with Gasteiger partial charge in [0.05, 0.1) is 24.7 Å². The number of aliphatic hydroxyl groups excluding tert-OH is 10. The number of hydrogen-bond donors (Lipinski definition) is 11. The first-order chi connectivity index (χ1) is 34.5. The lowest BCUT2D eigenvalue weighted by Gasteiger charge is -2.71. The van der Waals surface area contributed by atoms with Gasteiger partial charge in [0.25, 0.3) is 0 Å².